The number of anilines is 1. The number of hydrogen-bond acceptors (Lipinski definition) is 3. The Morgan fingerprint density at radius 1 is 1.50 bits per heavy atom. The summed E-state index contributed by atoms with van der Waals surface area (Å²) in [7, 11) is 0. The molecule has 1 aromatic carbocycles. The first-order chi connectivity index (χ1) is 9.76. The maximum absolute atomic E-state index is 12.3. The van der Waals surface area contributed by atoms with Gasteiger partial charge < -0.3 is 15.8 Å². The van der Waals surface area contributed by atoms with Crippen LogP contribution in [0.5, 0.6) is 0 Å². The highest BCUT2D eigenvalue weighted by Gasteiger charge is 2.32. The molecule has 2 rings (SSSR count). The molecule has 0 aromatic heterocycles. The van der Waals surface area contributed by atoms with E-state index < -0.39 is 0 Å². The standard InChI is InChI=1S/C16H20N2O2/c1-2-15-13(9-11-20-15)16(19)18-14-8-4-3-6-12(14)7-5-10-17/h3-4,6,8,13,15H,2,9-11,17H2,1H3,(H,18,19). The first kappa shape index (κ1) is 14.6. The van der Waals surface area contributed by atoms with Gasteiger partial charge in [0.15, 0.2) is 0 Å². The predicted octanol–water partition coefficient (Wildman–Crippen LogP) is 1.75. The first-order valence-corrected chi connectivity index (χ1v) is 6.96. The number of carbonyl (C=O) groups is 1. The van der Waals surface area contributed by atoms with Gasteiger partial charge in [0.1, 0.15) is 0 Å². The van der Waals surface area contributed by atoms with Gasteiger partial charge in [0.2, 0.25) is 5.91 Å². The van der Waals surface area contributed by atoms with Crippen molar-refractivity contribution in [2.75, 3.05) is 18.5 Å². The van der Waals surface area contributed by atoms with Gasteiger partial charge in [0.25, 0.3) is 0 Å². The van der Waals surface area contributed by atoms with Crippen LogP contribution in [0, 0.1) is 17.8 Å². The minimum Gasteiger partial charge on any atom is -0.377 e. The van der Waals surface area contributed by atoms with Crippen LogP contribution in [-0.4, -0.2) is 25.2 Å². The number of benzene rings is 1. The van der Waals surface area contributed by atoms with E-state index >= 15 is 0 Å². The summed E-state index contributed by atoms with van der Waals surface area (Å²) >= 11 is 0. The Morgan fingerprint density at radius 3 is 3.05 bits per heavy atom. The molecule has 0 aliphatic carbocycles. The van der Waals surface area contributed by atoms with Gasteiger partial charge in [0, 0.05) is 12.2 Å². The third kappa shape index (κ3) is 3.38. The van der Waals surface area contributed by atoms with Gasteiger partial charge in [0.05, 0.1) is 24.3 Å². The Kier molecular flexibility index (Phi) is 5.16. The SMILES string of the molecule is CCC1OCCC1C(=O)Nc1ccccc1C#CCN. The summed E-state index contributed by atoms with van der Waals surface area (Å²) in [5.74, 6) is 5.72. The van der Waals surface area contributed by atoms with Crippen LogP contribution in [0.15, 0.2) is 24.3 Å². The number of nitrogens with two attached hydrogens (primary N) is 1. The molecule has 20 heavy (non-hydrogen) atoms. The van der Waals surface area contributed by atoms with E-state index in [9.17, 15) is 4.79 Å². The molecule has 106 valence electrons. The quantitative estimate of drug-likeness (QED) is 0.824. The van der Waals surface area contributed by atoms with Crippen LogP contribution in [0.3, 0.4) is 0 Å². The minimum absolute atomic E-state index is 0.0105. The van der Waals surface area contributed by atoms with E-state index in [2.05, 4.69) is 17.2 Å². The second-order valence-corrected chi connectivity index (χ2v) is 4.75. The molecule has 4 heteroatoms. The van der Waals surface area contributed by atoms with Crippen LogP contribution in [0.4, 0.5) is 5.69 Å². The van der Waals surface area contributed by atoms with E-state index in [0.717, 1.165) is 24.1 Å². The van der Waals surface area contributed by atoms with Gasteiger partial charge >= 0.3 is 0 Å². The zero-order chi connectivity index (χ0) is 14.4. The minimum atomic E-state index is -0.0736. The smallest absolute Gasteiger partial charge is 0.230 e. The lowest BCUT2D eigenvalue weighted by Gasteiger charge is -2.17. The summed E-state index contributed by atoms with van der Waals surface area (Å²) in [6.07, 6.45) is 1.66. The van der Waals surface area contributed by atoms with E-state index in [1.165, 1.54) is 0 Å². The Balaban J connectivity index is 2.11. The number of para-hydroxylation sites is 1. The highest BCUT2D eigenvalue weighted by atomic mass is 16.5. The van der Waals surface area contributed by atoms with Crippen LogP contribution in [-0.2, 0) is 9.53 Å². The van der Waals surface area contributed by atoms with Crippen molar-refractivity contribution in [1.82, 2.24) is 0 Å². The van der Waals surface area contributed by atoms with Gasteiger partial charge in [-0.3, -0.25) is 4.79 Å². The molecule has 1 aromatic rings. The third-order valence-electron chi connectivity index (χ3n) is 3.46. The lowest BCUT2D eigenvalue weighted by atomic mass is 9.98. The maximum atomic E-state index is 12.3. The van der Waals surface area contributed by atoms with Crippen LogP contribution < -0.4 is 11.1 Å². The molecule has 1 saturated heterocycles. The Morgan fingerprint density at radius 2 is 2.30 bits per heavy atom. The summed E-state index contributed by atoms with van der Waals surface area (Å²) in [6, 6.07) is 7.51. The molecule has 1 amide bonds. The van der Waals surface area contributed by atoms with Crippen molar-refractivity contribution in [1.29, 1.82) is 0 Å². The topological polar surface area (TPSA) is 64.3 Å². The number of hydrogen-bond donors (Lipinski definition) is 2. The molecule has 2 unspecified atom stereocenters. The average Bonchev–Trinajstić information content (AvgIpc) is 2.95. The predicted molar refractivity (Wildman–Crippen MR) is 79.1 cm³/mol. The molecular weight excluding hydrogens is 252 g/mol. The van der Waals surface area contributed by atoms with Crippen LogP contribution >= 0.6 is 0 Å². The zero-order valence-electron chi connectivity index (χ0n) is 11.7. The molecule has 1 fully saturated rings. The molecule has 0 saturated carbocycles. The molecule has 1 aliphatic heterocycles. The van der Waals surface area contributed by atoms with Crippen molar-refractivity contribution in [3.05, 3.63) is 29.8 Å². The van der Waals surface area contributed by atoms with Crippen molar-refractivity contribution in [3.63, 3.8) is 0 Å². The normalized spacial score (nSPS) is 21.1. The number of nitrogens with one attached hydrogen (secondary N) is 1. The van der Waals surface area contributed by atoms with Gasteiger partial charge in [-0.25, -0.2) is 0 Å². The molecule has 1 aliphatic rings. The number of amides is 1. The third-order valence-corrected chi connectivity index (χ3v) is 3.46. The van der Waals surface area contributed by atoms with Crippen molar-refractivity contribution in [2.24, 2.45) is 11.7 Å². The first-order valence-electron chi connectivity index (χ1n) is 6.96. The lowest BCUT2D eigenvalue weighted by molar-refractivity contribution is -0.121. The molecule has 0 radical (unpaired) electrons. The molecule has 1 heterocycles. The average molecular weight is 272 g/mol. The van der Waals surface area contributed by atoms with Crippen molar-refractivity contribution >= 4 is 11.6 Å². The van der Waals surface area contributed by atoms with E-state index in [1.807, 2.05) is 31.2 Å². The Bertz CT molecular complexity index is 531. The monoisotopic (exact) mass is 272 g/mol. The van der Waals surface area contributed by atoms with E-state index in [0.29, 0.717) is 13.2 Å². The fourth-order valence-electron chi connectivity index (χ4n) is 2.42. The highest BCUT2D eigenvalue weighted by Crippen LogP contribution is 2.25. The summed E-state index contributed by atoms with van der Waals surface area (Å²) in [5, 5.41) is 2.96. The fraction of sp³-hybridized carbons (Fsp3) is 0.438. The number of ether oxygens (including phenoxy) is 1. The Labute approximate surface area is 119 Å². The molecular formula is C16H20N2O2. The number of carbonyl (C=O) groups excluding carboxylic acids is 1. The molecule has 4 nitrogen and oxygen atoms in total. The van der Waals surface area contributed by atoms with Gasteiger partial charge in [-0.15, -0.1) is 0 Å². The maximum Gasteiger partial charge on any atom is 0.230 e. The molecule has 2 atom stereocenters. The highest BCUT2D eigenvalue weighted by molar-refractivity contribution is 5.94. The second kappa shape index (κ2) is 7.09. The van der Waals surface area contributed by atoms with E-state index in [-0.39, 0.29) is 17.9 Å². The number of rotatable bonds is 3. The summed E-state index contributed by atoms with van der Waals surface area (Å²) in [6.45, 7) is 3.00. The molecule has 0 bridgehead atoms. The second-order valence-electron chi connectivity index (χ2n) is 4.75. The van der Waals surface area contributed by atoms with Crippen LogP contribution in [0.2, 0.25) is 0 Å². The van der Waals surface area contributed by atoms with Crippen LogP contribution in [0.25, 0.3) is 0 Å². The summed E-state index contributed by atoms with van der Waals surface area (Å²) < 4.78 is 5.56. The van der Waals surface area contributed by atoms with E-state index in [1.54, 1.807) is 0 Å². The van der Waals surface area contributed by atoms with E-state index in [4.69, 9.17) is 10.5 Å². The van der Waals surface area contributed by atoms with Crippen molar-refractivity contribution in [2.45, 2.75) is 25.9 Å². The summed E-state index contributed by atoms with van der Waals surface area (Å²) in [4.78, 5) is 12.3. The van der Waals surface area contributed by atoms with Crippen LogP contribution in [0.1, 0.15) is 25.3 Å². The van der Waals surface area contributed by atoms with Crippen molar-refractivity contribution in [3.8, 4) is 11.8 Å². The summed E-state index contributed by atoms with van der Waals surface area (Å²) in [5.41, 5.74) is 6.91. The van der Waals surface area contributed by atoms with Crippen molar-refractivity contribution < 1.29 is 9.53 Å². The largest absolute Gasteiger partial charge is 0.377 e. The van der Waals surface area contributed by atoms with Gasteiger partial charge in [-0.2, -0.15) is 0 Å². The Hall–Kier alpha value is -1.83. The fourth-order valence-corrected chi connectivity index (χ4v) is 2.42. The van der Waals surface area contributed by atoms with Gasteiger partial charge in [-0.1, -0.05) is 30.9 Å². The zero-order valence-corrected chi connectivity index (χ0v) is 11.7. The molecule has 0 spiro atoms. The molecule has 3 N–H and O–H groups in total. The lowest BCUT2D eigenvalue weighted by Crippen LogP contribution is -2.29. The van der Waals surface area contributed by atoms with Gasteiger partial charge in [-0.05, 0) is 25.0 Å².